The fraction of sp³-hybridized carbons (Fsp3) is 0.125. The summed E-state index contributed by atoms with van der Waals surface area (Å²) in [6, 6.07) is 35.5. The molecule has 2 heterocycles. The second-order valence-electron chi connectivity index (χ2n) is 11.7. The Hall–Kier alpha value is -5.27. The molecule has 0 amide bonds. The van der Waals surface area contributed by atoms with Gasteiger partial charge < -0.3 is 19.7 Å². The van der Waals surface area contributed by atoms with E-state index in [0.717, 1.165) is 61.6 Å². The van der Waals surface area contributed by atoms with Gasteiger partial charge in [-0.25, -0.2) is 4.48 Å². The Morgan fingerprint density at radius 1 is 0.630 bits per heavy atom. The number of aliphatic hydroxyl groups excluding tert-OH is 2. The second kappa shape index (κ2) is 11.9. The third-order valence-corrected chi connectivity index (χ3v) is 8.98. The summed E-state index contributed by atoms with van der Waals surface area (Å²) in [6.07, 6.45) is 6.03. The van der Waals surface area contributed by atoms with E-state index in [4.69, 9.17) is 14.5 Å². The maximum Gasteiger partial charge on any atom is 0.245 e. The van der Waals surface area contributed by atoms with Gasteiger partial charge in [-0.3, -0.25) is 0 Å². The first-order valence-corrected chi connectivity index (χ1v) is 15.2. The summed E-state index contributed by atoms with van der Waals surface area (Å²) in [5, 5.41) is 20.1. The van der Waals surface area contributed by atoms with Crippen LogP contribution in [0.15, 0.2) is 121 Å². The van der Waals surface area contributed by atoms with E-state index in [-0.39, 0.29) is 13.2 Å². The highest BCUT2D eigenvalue weighted by molar-refractivity contribution is 6.07. The van der Waals surface area contributed by atoms with Crippen molar-refractivity contribution in [2.24, 2.45) is 4.99 Å². The van der Waals surface area contributed by atoms with Crippen LogP contribution in [0.1, 0.15) is 27.8 Å². The molecule has 0 aliphatic carbocycles. The standard InChI is InChI=1S/C40H35N2O4/c1-42-15-14-41-40(42)36-21-34(25-44)33(24-43)19-31(36)22-37(42)32-20-35(39(46-3)38(23-32)45-2)30-17-28(26-10-6-4-7-11-26)16-29(18-30)27-12-8-5-9-13-27/h4-23,43-44H,24-25H2,1-3H3/q+1. The van der Waals surface area contributed by atoms with Crippen LogP contribution in [0.3, 0.4) is 0 Å². The Labute approximate surface area is 269 Å². The molecule has 0 bridgehead atoms. The summed E-state index contributed by atoms with van der Waals surface area (Å²) in [5.41, 5.74) is 11.5. The molecule has 6 nitrogen and oxygen atoms in total. The average Bonchev–Trinajstić information content (AvgIpc) is 3.53. The molecule has 2 aliphatic heterocycles. The first kappa shape index (κ1) is 29.4. The number of aliphatic imine (C=N–C) groups is 1. The summed E-state index contributed by atoms with van der Waals surface area (Å²) in [5.74, 6) is 2.12. The lowest BCUT2D eigenvalue weighted by atomic mass is 9.89. The molecule has 228 valence electrons. The smallest absolute Gasteiger partial charge is 0.245 e. The van der Waals surface area contributed by atoms with Gasteiger partial charge in [0.2, 0.25) is 5.84 Å². The maximum absolute atomic E-state index is 10.1. The molecule has 5 aromatic rings. The molecule has 0 saturated carbocycles. The first-order valence-electron chi connectivity index (χ1n) is 15.2. The molecule has 1 atom stereocenters. The quantitative estimate of drug-likeness (QED) is 0.176. The third kappa shape index (κ3) is 4.93. The first-order chi connectivity index (χ1) is 22.5. The summed E-state index contributed by atoms with van der Waals surface area (Å²) < 4.78 is 12.4. The van der Waals surface area contributed by atoms with E-state index < -0.39 is 0 Å². The second-order valence-corrected chi connectivity index (χ2v) is 11.7. The molecule has 46 heavy (non-hydrogen) atoms. The van der Waals surface area contributed by atoms with Crippen molar-refractivity contribution in [3.63, 3.8) is 0 Å². The van der Waals surface area contributed by atoms with E-state index >= 15 is 0 Å². The van der Waals surface area contributed by atoms with Crippen molar-refractivity contribution >= 4 is 17.6 Å². The van der Waals surface area contributed by atoms with Gasteiger partial charge in [0.25, 0.3) is 0 Å². The largest absolute Gasteiger partial charge is 0.493 e. The zero-order chi connectivity index (χ0) is 31.8. The van der Waals surface area contributed by atoms with Gasteiger partial charge in [-0.15, -0.1) is 0 Å². The van der Waals surface area contributed by atoms with E-state index in [1.807, 2.05) is 36.5 Å². The molecule has 2 N–H and O–H groups in total. The highest BCUT2D eigenvalue weighted by atomic mass is 16.5. The summed E-state index contributed by atoms with van der Waals surface area (Å²) in [4.78, 5) is 4.79. The molecule has 2 aliphatic rings. The third-order valence-electron chi connectivity index (χ3n) is 8.98. The van der Waals surface area contributed by atoms with Gasteiger partial charge in [0.15, 0.2) is 17.2 Å². The number of fused-ring (bicyclic) bond motifs is 3. The summed E-state index contributed by atoms with van der Waals surface area (Å²) in [6.45, 7) is -0.318. The maximum atomic E-state index is 10.1. The Bertz CT molecular complexity index is 1990. The number of ether oxygens (including phenoxy) is 2. The molecule has 5 aromatic carbocycles. The fourth-order valence-corrected chi connectivity index (χ4v) is 6.60. The van der Waals surface area contributed by atoms with Crippen LogP contribution < -0.4 is 9.47 Å². The Balaban J connectivity index is 1.47. The van der Waals surface area contributed by atoms with Crippen molar-refractivity contribution < 1.29 is 24.2 Å². The molecular formula is C40H35N2O4+. The molecule has 0 saturated heterocycles. The minimum Gasteiger partial charge on any atom is -0.493 e. The Morgan fingerprint density at radius 2 is 1.24 bits per heavy atom. The molecule has 7 rings (SSSR count). The van der Waals surface area contributed by atoms with Crippen molar-refractivity contribution in [3.05, 3.63) is 143 Å². The summed E-state index contributed by atoms with van der Waals surface area (Å²) >= 11 is 0. The van der Waals surface area contributed by atoms with E-state index in [9.17, 15) is 10.2 Å². The number of quaternary nitrogens is 1. The zero-order valence-electron chi connectivity index (χ0n) is 26.1. The van der Waals surface area contributed by atoms with Gasteiger partial charge in [-0.05, 0) is 87.0 Å². The predicted molar refractivity (Wildman–Crippen MR) is 184 cm³/mol. The van der Waals surface area contributed by atoms with Crippen LogP contribution in [0.5, 0.6) is 11.5 Å². The van der Waals surface area contributed by atoms with Crippen molar-refractivity contribution in [2.45, 2.75) is 13.2 Å². The molecular weight excluding hydrogens is 572 g/mol. The normalized spacial score (nSPS) is 16.4. The minimum atomic E-state index is -0.162. The molecule has 0 spiro atoms. The van der Waals surface area contributed by atoms with E-state index in [0.29, 0.717) is 27.1 Å². The van der Waals surface area contributed by atoms with Crippen molar-refractivity contribution in [1.29, 1.82) is 0 Å². The molecule has 0 radical (unpaired) electrons. The Kier molecular flexibility index (Phi) is 7.62. The van der Waals surface area contributed by atoms with Gasteiger partial charge >= 0.3 is 0 Å². The molecule has 0 aromatic heterocycles. The number of methoxy groups -OCH3 is 2. The van der Waals surface area contributed by atoms with Crippen LogP contribution in [-0.4, -0.2) is 41.8 Å². The highest BCUT2D eigenvalue weighted by Crippen LogP contribution is 2.47. The summed E-state index contributed by atoms with van der Waals surface area (Å²) in [7, 11) is 5.44. The minimum absolute atomic E-state index is 0.157. The predicted octanol–water partition coefficient (Wildman–Crippen LogP) is 7.88. The van der Waals surface area contributed by atoms with Crippen LogP contribution in [0.2, 0.25) is 0 Å². The monoisotopic (exact) mass is 607 g/mol. The van der Waals surface area contributed by atoms with Crippen LogP contribution in [-0.2, 0) is 13.2 Å². The lowest BCUT2D eigenvalue weighted by Crippen LogP contribution is -2.43. The fourth-order valence-electron chi connectivity index (χ4n) is 6.60. The van der Waals surface area contributed by atoms with E-state index in [2.05, 4.69) is 92.1 Å². The number of hydrogen-bond acceptors (Lipinski definition) is 5. The van der Waals surface area contributed by atoms with Crippen molar-refractivity contribution in [2.75, 3.05) is 21.3 Å². The number of amidine groups is 1. The van der Waals surface area contributed by atoms with Gasteiger partial charge in [-0.1, -0.05) is 60.7 Å². The highest BCUT2D eigenvalue weighted by Gasteiger charge is 2.42. The average molecular weight is 608 g/mol. The van der Waals surface area contributed by atoms with Crippen LogP contribution in [0, 0.1) is 0 Å². The molecule has 6 heteroatoms. The number of benzene rings is 5. The van der Waals surface area contributed by atoms with Gasteiger partial charge in [0.05, 0.1) is 46.2 Å². The number of nitrogens with zero attached hydrogens (tertiary/aromatic N) is 2. The topological polar surface area (TPSA) is 71.3 Å². The molecule has 0 fully saturated rings. The van der Waals surface area contributed by atoms with Crippen molar-refractivity contribution in [1.82, 2.24) is 0 Å². The molecule has 1 unspecified atom stereocenters. The van der Waals surface area contributed by atoms with Gasteiger partial charge in [0.1, 0.15) is 6.20 Å². The SMILES string of the molecule is COc1cc(C2=Cc3cc(CO)c(CO)cc3C3=NC=C[N+]23C)cc(-c2cc(-c3ccccc3)cc(-c3ccccc3)c2)c1OC. The zero-order valence-corrected chi connectivity index (χ0v) is 26.1. The van der Waals surface area contributed by atoms with Gasteiger partial charge in [-0.2, -0.15) is 4.99 Å². The number of aliphatic hydroxyl groups is 2. The van der Waals surface area contributed by atoms with Gasteiger partial charge in [0, 0.05) is 17.2 Å². The lowest BCUT2D eigenvalue weighted by molar-refractivity contribution is -0.680. The van der Waals surface area contributed by atoms with Crippen LogP contribution in [0.25, 0.3) is 45.2 Å². The Morgan fingerprint density at radius 3 is 1.83 bits per heavy atom. The van der Waals surface area contributed by atoms with E-state index in [1.54, 1.807) is 14.2 Å². The number of hydrogen-bond donors (Lipinski definition) is 2. The van der Waals surface area contributed by atoms with Crippen LogP contribution >= 0.6 is 0 Å². The van der Waals surface area contributed by atoms with Crippen LogP contribution in [0.4, 0.5) is 0 Å². The number of rotatable bonds is 8. The van der Waals surface area contributed by atoms with E-state index in [1.165, 1.54) is 0 Å². The van der Waals surface area contributed by atoms with Crippen molar-refractivity contribution in [3.8, 4) is 44.9 Å². The lowest BCUT2D eigenvalue weighted by Gasteiger charge is -2.34.